The highest BCUT2D eigenvalue weighted by atomic mass is 32.2. The normalized spacial score (nSPS) is 13.3. The Hall–Kier alpha value is -6.08. The standard InChI is InChI=1S/C23H21NO2S2.C23H18OS.C8H7BO3/c1-16-7-10-21(11-8-16)28(25,26)15-24-17(2)18-9-12-23-20(13-18)14-19-5-3-4-6-22(19)27-23;1-15(21-14-17-6-2-4-8-20(17)24-21)16-10-11-23-19(12-16)13-18-7-3-5-9-22(18)25-23;10-9(11)8-5-6-3-1-2-4-7(6)12-8/h3-13H,14-15H2,1-2H3;2-12,14-15H,13H2,1H3;1-5,10-11H. The Kier molecular flexibility index (Phi) is 13.0. The molecule has 0 fully saturated rings. The van der Waals surface area contributed by atoms with E-state index in [9.17, 15) is 8.42 Å². The van der Waals surface area contributed by atoms with Gasteiger partial charge >= 0.3 is 7.12 Å². The molecule has 2 aliphatic heterocycles. The molecule has 7 aromatic carbocycles. The van der Waals surface area contributed by atoms with Gasteiger partial charge in [0, 0.05) is 42.0 Å². The van der Waals surface area contributed by atoms with Gasteiger partial charge in [-0.25, -0.2) is 8.42 Å². The number of nitrogens with zero attached hydrogens (tertiary/aromatic N) is 1. The lowest BCUT2D eigenvalue weighted by molar-refractivity contribution is 0.412. The minimum absolute atomic E-state index is 0.177. The average Bonchev–Trinajstić information content (AvgIpc) is 3.98. The SMILES string of the molecule is CC(=NCS(=O)(=O)c1ccc(C)cc1)c1ccc2c(c1)Cc1ccccc1S2.CC(c1ccc2c(c1)Cc1ccccc1S2)c1cc2ccccc2o1.OB(O)c1cc2ccccc2o1. The summed E-state index contributed by atoms with van der Waals surface area (Å²) >= 11 is 3.66. The van der Waals surface area contributed by atoms with E-state index in [0.717, 1.165) is 46.4 Å². The van der Waals surface area contributed by atoms with Crippen LogP contribution >= 0.6 is 23.5 Å². The Morgan fingerprint density at radius 2 is 1.17 bits per heavy atom. The molecule has 11 heteroatoms. The monoisotopic (exact) mass is 911 g/mol. The Bertz CT molecular complexity index is 3240. The van der Waals surface area contributed by atoms with Crippen LogP contribution < -0.4 is 5.66 Å². The predicted octanol–water partition coefficient (Wildman–Crippen LogP) is 12.0. The fourth-order valence-electron chi connectivity index (χ4n) is 7.90. The van der Waals surface area contributed by atoms with Crippen molar-refractivity contribution in [1.82, 2.24) is 0 Å². The van der Waals surface area contributed by atoms with E-state index >= 15 is 0 Å². The van der Waals surface area contributed by atoms with E-state index in [1.54, 1.807) is 36.0 Å². The molecular weight excluding hydrogens is 866 g/mol. The molecule has 4 heterocycles. The number of hydrogen-bond acceptors (Lipinski definition) is 9. The number of aliphatic imine (C=N–C) groups is 1. The Balaban J connectivity index is 0.000000132. The van der Waals surface area contributed by atoms with Crippen LogP contribution in [-0.4, -0.2) is 37.2 Å². The molecule has 2 N–H and O–H groups in total. The Morgan fingerprint density at radius 1 is 0.631 bits per heavy atom. The molecule has 0 amide bonds. The van der Waals surface area contributed by atoms with Crippen molar-refractivity contribution in [1.29, 1.82) is 0 Å². The zero-order valence-corrected chi connectivity index (χ0v) is 38.6. The van der Waals surface area contributed by atoms with Crippen LogP contribution in [-0.2, 0) is 22.7 Å². The maximum Gasteiger partial charge on any atom is 0.526 e. The average molecular weight is 912 g/mol. The Labute approximate surface area is 388 Å². The molecule has 324 valence electrons. The minimum Gasteiger partial charge on any atom is -0.465 e. The van der Waals surface area contributed by atoms with Crippen LogP contribution in [0.4, 0.5) is 0 Å². The third-order valence-electron chi connectivity index (χ3n) is 11.6. The molecule has 1 atom stereocenters. The first-order valence-electron chi connectivity index (χ1n) is 21.4. The van der Waals surface area contributed by atoms with Gasteiger partial charge in [-0.15, -0.1) is 0 Å². The van der Waals surface area contributed by atoms with Crippen LogP contribution in [0.25, 0.3) is 21.9 Å². The molecule has 2 aliphatic rings. The van der Waals surface area contributed by atoms with Crippen molar-refractivity contribution < 1.29 is 27.3 Å². The van der Waals surface area contributed by atoms with Gasteiger partial charge in [-0.1, -0.05) is 139 Å². The lowest BCUT2D eigenvalue weighted by Crippen LogP contribution is -2.27. The topological polar surface area (TPSA) is 113 Å². The van der Waals surface area contributed by atoms with Gasteiger partial charge in [0.25, 0.3) is 0 Å². The summed E-state index contributed by atoms with van der Waals surface area (Å²) < 4.78 is 36.3. The van der Waals surface area contributed by atoms with Crippen molar-refractivity contribution in [2.75, 3.05) is 5.88 Å². The molecule has 0 saturated heterocycles. The van der Waals surface area contributed by atoms with E-state index < -0.39 is 17.0 Å². The van der Waals surface area contributed by atoms with Gasteiger partial charge in [-0.2, -0.15) is 0 Å². The zero-order valence-electron chi connectivity index (χ0n) is 36.1. The molecule has 11 rings (SSSR count). The summed E-state index contributed by atoms with van der Waals surface area (Å²) in [6, 6.07) is 56.5. The molecule has 9 aromatic rings. The van der Waals surface area contributed by atoms with Gasteiger partial charge in [0.05, 0.1) is 4.90 Å². The Morgan fingerprint density at radius 3 is 1.78 bits per heavy atom. The van der Waals surface area contributed by atoms with E-state index in [-0.39, 0.29) is 17.5 Å². The quantitative estimate of drug-likeness (QED) is 0.120. The highest BCUT2D eigenvalue weighted by Gasteiger charge is 2.21. The number of rotatable bonds is 7. The van der Waals surface area contributed by atoms with Crippen molar-refractivity contribution in [2.24, 2.45) is 4.99 Å². The summed E-state index contributed by atoms with van der Waals surface area (Å²) in [5.41, 5.74) is 11.3. The van der Waals surface area contributed by atoms with Gasteiger partial charge in [-0.3, -0.25) is 4.99 Å². The molecule has 1 unspecified atom stereocenters. The van der Waals surface area contributed by atoms with Gasteiger partial charge in [0.15, 0.2) is 9.84 Å². The summed E-state index contributed by atoms with van der Waals surface area (Å²) in [7, 11) is -4.96. The van der Waals surface area contributed by atoms with Crippen LogP contribution in [0.1, 0.15) is 64.5 Å². The molecule has 0 spiro atoms. The van der Waals surface area contributed by atoms with E-state index in [1.807, 2.05) is 74.1 Å². The number of para-hydroxylation sites is 2. The largest absolute Gasteiger partial charge is 0.526 e. The first-order chi connectivity index (χ1) is 31.5. The second kappa shape index (κ2) is 19.2. The molecule has 65 heavy (non-hydrogen) atoms. The van der Waals surface area contributed by atoms with Crippen molar-refractivity contribution >= 4 is 73.8 Å². The molecule has 0 bridgehead atoms. The van der Waals surface area contributed by atoms with Crippen molar-refractivity contribution in [3.05, 3.63) is 215 Å². The van der Waals surface area contributed by atoms with Crippen LogP contribution in [0.15, 0.2) is 208 Å². The van der Waals surface area contributed by atoms with E-state index in [4.69, 9.17) is 18.9 Å². The van der Waals surface area contributed by atoms with Crippen LogP contribution in [0.3, 0.4) is 0 Å². The maximum absolute atomic E-state index is 12.5. The van der Waals surface area contributed by atoms with Crippen molar-refractivity contribution in [3.63, 3.8) is 0 Å². The third-order valence-corrected chi connectivity index (χ3v) is 15.6. The maximum atomic E-state index is 12.5. The summed E-state index contributed by atoms with van der Waals surface area (Å²) in [4.78, 5) is 10.0. The van der Waals surface area contributed by atoms with E-state index in [1.165, 1.54) is 52.8 Å². The number of fused-ring (bicyclic) bond motifs is 6. The molecule has 0 aliphatic carbocycles. The molecule has 0 radical (unpaired) electrons. The first-order valence-corrected chi connectivity index (χ1v) is 24.7. The number of furan rings is 2. The summed E-state index contributed by atoms with van der Waals surface area (Å²) in [6.07, 6.45) is 1.90. The smallest absolute Gasteiger partial charge is 0.465 e. The van der Waals surface area contributed by atoms with Gasteiger partial charge < -0.3 is 18.9 Å². The number of hydrogen-bond donors (Lipinski definition) is 2. The predicted molar refractivity (Wildman–Crippen MR) is 265 cm³/mol. The van der Waals surface area contributed by atoms with Crippen molar-refractivity contribution in [3.8, 4) is 0 Å². The fourth-order valence-corrected chi connectivity index (χ4v) is 11.1. The highest BCUT2D eigenvalue weighted by Crippen LogP contribution is 2.42. The fraction of sp³-hybridized carbons (Fsp3) is 0.130. The number of benzene rings is 7. The summed E-state index contributed by atoms with van der Waals surface area (Å²) in [5, 5.41) is 19.6. The number of aryl methyl sites for hydroxylation is 1. The molecule has 0 saturated carbocycles. The minimum atomic E-state index is -3.43. The summed E-state index contributed by atoms with van der Waals surface area (Å²) in [6.45, 7) is 6.03. The van der Waals surface area contributed by atoms with Crippen LogP contribution in [0.2, 0.25) is 0 Å². The molecular formula is C54H46BNO6S3. The zero-order chi connectivity index (χ0) is 45.1. The highest BCUT2D eigenvalue weighted by molar-refractivity contribution is 7.99. The molecule has 7 nitrogen and oxygen atoms in total. The molecule has 2 aromatic heterocycles. The second-order valence-electron chi connectivity index (χ2n) is 16.2. The van der Waals surface area contributed by atoms with Crippen LogP contribution in [0.5, 0.6) is 0 Å². The van der Waals surface area contributed by atoms with Gasteiger partial charge in [0.2, 0.25) is 0 Å². The lowest BCUT2D eigenvalue weighted by Gasteiger charge is -2.20. The summed E-state index contributed by atoms with van der Waals surface area (Å²) in [5.74, 6) is 1.04. The number of sulfone groups is 1. The lowest BCUT2D eigenvalue weighted by atomic mass is 9.88. The second-order valence-corrected chi connectivity index (χ2v) is 20.4. The van der Waals surface area contributed by atoms with E-state index in [2.05, 4.69) is 109 Å². The van der Waals surface area contributed by atoms with Crippen LogP contribution in [0, 0.1) is 6.92 Å². The van der Waals surface area contributed by atoms with Gasteiger partial charge in [0.1, 0.15) is 28.5 Å². The first kappa shape index (κ1) is 44.1. The van der Waals surface area contributed by atoms with E-state index in [0.29, 0.717) is 10.5 Å². The van der Waals surface area contributed by atoms with Gasteiger partial charge in [-0.05, 0) is 127 Å². The third kappa shape index (κ3) is 10.1. The van der Waals surface area contributed by atoms with Crippen molar-refractivity contribution in [2.45, 2.75) is 64.0 Å².